The molecule has 8 heteroatoms. The summed E-state index contributed by atoms with van der Waals surface area (Å²) in [6, 6.07) is 7.10. The lowest BCUT2D eigenvalue weighted by Gasteiger charge is -2.20. The van der Waals surface area contributed by atoms with Crippen molar-refractivity contribution >= 4 is 39.8 Å². The third-order valence-corrected chi connectivity index (χ3v) is 6.14. The van der Waals surface area contributed by atoms with E-state index in [4.69, 9.17) is 16.3 Å². The lowest BCUT2D eigenvalue weighted by molar-refractivity contribution is 0.415. The first-order valence-electron chi connectivity index (χ1n) is 8.45. The highest BCUT2D eigenvalue weighted by Crippen LogP contribution is 2.37. The van der Waals surface area contributed by atoms with Crippen LogP contribution in [-0.2, 0) is 24.5 Å². The smallest absolute Gasteiger partial charge is 0.255 e. The number of pyridine rings is 1. The van der Waals surface area contributed by atoms with Gasteiger partial charge < -0.3 is 10.1 Å². The molecule has 1 saturated carbocycles. The molecule has 0 bridgehead atoms. The van der Waals surface area contributed by atoms with Crippen LogP contribution in [0.5, 0.6) is 5.75 Å². The molecule has 1 fully saturated rings. The second kappa shape index (κ2) is 7.72. The number of ether oxygens (including phenoxy) is 1. The molecule has 140 valence electrons. The number of methoxy groups -OCH3 is 1. The van der Waals surface area contributed by atoms with E-state index in [1.165, 1.54) is 17.7 Å². The first-order valence-corrected chi connectivity index (χ1v) is 10.0. The maximum absolute atomic E-state index is 12.4. The van der Waals surface area contributed by atoms with Gasteiger partial charge in [-0.1, -0.05) is 24.6 Å². The van der Waals surface area contributed by atoms with E-state index in [1.807, 2.05) is 18.2 Å². The lowest BCUT2D eigenvalue weighted by atomic mass is 10.1. The van der Waals surface area contributed by atoms with Gasteiger partial charge in [0.25, 0.3) is 5.56 Å². The van der Waals surface area contributed by atoms with Crippen molar-refractivity contribution in [3.05, 3.63) is 45.2 Å². The van der Waals surface area contributed by atoms with Crippen LogP contribution in [-0.4, -0.2) is 21.1 Å². The van der Waals surface area contributed by atoms with Crippen molar-refractivity contribution in [2.24, 2.45) is 7.05 Å². The minimum atomic E-state index is -1.24. The highest BCUT2D eigenvalue weighted by molar-refractivity contribution is 7.87. The third-order valence-electron chi connectivity index (χ3n) is 4.35. The van der Waals surface area contributed by atoms with Crippen LogP contribution in [0.2, 0.25) is 5.02 Å². The van der Waals surface area contributed by atoms with Gasteiger partial charge in [-0.05, 0) is 37.0 Å². The molecule has 26 heavy (non-hydrogen) atoms. The number of hydrogen-bond acceptors (Lipinski definition) is 4. The van der Waals surface area contributed by atoms with E-state index in [0.29, 0.717) is 28.0 Å². The topological polar surface area (TPSA) is 72.4 Å². The number of benzene rings is 1. The van der Waals surface area contributed by atoms with Crippen LogP contribution in [0.3, 0.4) is 0 Å². The molecule has 0 spiro atoms. The van der Waals surface area contributed by atoms with E-state index < -0.39 is 11.0 Å². The Labute approximate surface area is 160 Å². The number of nitrogens with zero attached hydrogens (tertiary/aromatic N) is 1. The summed E-state index contributed by atoms with van der Waals surface area (Å²) in [7, 11) is 1.89. The Balaban J connectivity index is 2.04. The van der Waals surface area contributed by atoms with Crippen LogP contribution < -0.4 is 20.3 Å². The molecule has 1 aromatic heterocycles. The summed E-state index contributed by atoms with van der Waals surface area (Å²) in [5.74, 6) is 0.792. The molecule has 0 radical (unpaired) electrons. The fourth-order valence-electron chi connectivity index (χ4n) is 2.56. The second-order valence-corrected chi connectivity index (χ2v) is 8.10. The van der Waals surface area contributed by atoms with E-state index in [0.717, 1.165) is 24.8 Å². The molecular weight excluding hydrogens is 374 g/mol. The van der Waals surface area contributed by atoms with Crippen molar-refractivity contribution in [1.29, 1.82) is 0 Å². The predicted molar refractivity (Wildman–Crippen MR) is 107 cm³/mol. The quantitative estimate of drug-likeness (QED) is 0.751. The minimum absolute atomic E-state index is 0.136. The summed E-state index contributed by atoms with van der Waals surface area (Å²) in [6.07, 6.45) is 2.74. The van der Waals surface area contributed by atoms with Gasteiger partial charge in [-0.2, -0.15) is 0 Å². The monoisotopic (exact) mass is 395 g/mol. The van der Waals surface area contributed by atoms with Crippen molar-refractivity contribution in [2.45, 2.75) is 31.4 Å². The van der Waals surface area contributed by atoms with Gasteiger partial charge in [-0.3, -0.25) is 14.1 Å². The minimum Gasteiger partial charge on any atom is -0.494 e. The molecule has 1 unspecified atom stereocenters. The summed E-state index contributed by atoms with van der Waals surface area (Å²) < 4.78 is 22.2. The number of nitrogens with one attached hydrogen (secondary N) is 2. The molecule has 3 rings (SSSR count). The summed E-state index contributed by atoms with van der Waals surface area (Å²) in [5, 5.41) is 3.88. The number of anilines is 3. The summed E-state index contributed by atoms with van der Waals surface area (Å²) in [5.41, 5.74) is 2.02. The SMILES string of the molecule is CCc1ccc(Nc2c(NS(=O)C3CC3)c(OC)cc(=O)n2C)c(Cl)c1. The average Bonchev–Trinajstić information content (AvgIpc) is 3.47. The summed E-state index contributed by atoms with van der Waals surface area (Å²) >= 11 is 6.38. The van der Waals surface area contributed by atoms with Crippen LogP contribution in [0.15, 0.2) is 29.1 Å². The largest absolute Gasteiger partial charge is 0.494 e. The first-order chi connectivity index (χ1) is 12.4. The molecule has 0 saturated heterocycles. The van der Waals surface area contributed by atoms with Crippen molar-refractivity contribution in [3.63, 3.8) is 0 Å². The fourth-order valence-corrected chi connectivity index (χ4v) is 3.93. The number of hydrogen-bond donors (Lipinski definition) is 2. The third kappa shape index (κ3) is 3.88. The Morgan fingerprint density at radius 3 is 2.65 bits per heavy atom. The Morgan fingerprint density at radius 2 is 2.08 bits per heavy atom. The molecule has 0 aliphatic heterocycles. The van der Waals surface area contributed by atoms with E-state index in [9.17, 15) is 9.00 Å². The first kappa shape index (κ1) is 18.8. The maximum atomic E-state index is 12.4. The number of aromatic nitrogens is 1. The van der Waals surface area contributed by atoms with Crippen LogP contribution >= 0.6 is 11.6 Å². The fraction of sp³-hybridized carbons (Fsp3) is 0.389. The Morgan fingerprint density at radius 1 is 1.35 bits per heavy atom. The van der Waals surface area contributed by atoms with Crippen LogP contribution in [0.1, 0.15) is 25.3 Å². The van der Waals surface area contributed by atoms with Crippen LogP contribution in [0.25, 0.3) is 0 Å². The zero-order valence-electron chi connectivity index (χ0n) is 15.0. The molecule has 1 aromatic carbocycles. The summed E-state index contributed by atoms with van der Waals surface area (Å²) in [4.78, 5) is 12.3. The molecule has 2 N–H and O–H groups in total. The van der Waals surface area contributed by atoms with Gasteiger partial charge in [0.2, 0.25) is 0 Å². The molecule has 6 nitrogen and oxygen atoms in total. The molecule has 2 aromatic rings. The molecule has 1 aliphatic carbocycles. The van der Waals surface area contributed by atoms with Crippen molar-refractivity contribution in [1.82, 2.24) is 4.57 Å². The molecule has 0 amide bonds. The van der Waals surface area contributed by atoms with Crippen LogP contribution in [0.4, 0.5) is 17.2 Å². The highest BCUT2D eigenvalue weighted by Gasteiger charge is 2.30. The van der Waals surface area contributed by atoms with E-state index in [-0.39, 0.29) is 10.8 Å². The summed E-state index contributed by atoms with van der Waals surface area (Å²) in [6.45, 7) is 2.06. The number of halogens is 1. The Kier molecular flexibility index (Phi) is 5.58. The van der Waals surface area contributed by atoms with Crippen molar-refractivity contribution in [3.8, 4) is 5.75 Å². The van der Waals surface area contributed by atoms with Gasteiger partial charge in [0.1, 0.15) is 22.5 Å². The van der Waals surface area contributed by atoms with E-state index in [1.54, 1.807) is 7.05 Å². The van der Waals surface area contributed by atoms with Gasteiger partial charge in [-0.25, -0.2) is 4.21 Å². The molecule has 1 aliphatic rings. The normalized spacial score (nSPS) is 14.8. The van der Waals surface area contributed by atoms with Crippen molar-refractivity contribution in [2.75, 3.05) is 17.1 Å². The number of aryl methyl sites for hydroxylation is 1. The van der Waals surface area contributed by atoms with Crippen LogP contribution in [0, 0.1) is 0 Å². The highest BCUT2D eigenvalue weighted by atomic mass is 35.5. The molecular formula is C18H22ClN3O3S. The second-order valence-electron chi connectivity index (χ2n) is 6.23. The Bertz CT molecular complexity index is 909. The van der Waals surface area contributed by atoms with Gasteiger partial charge in [0.05, 0.1) is 23.1 Å². The van der Waals surface area contributed by atoms with Gasteiger partial charge >= 0.3 is 0 Å². The predicted octanol–water partition coefficient (Wildman–Crippen LogP) is 3.59. The Hall–Kier alpha value is -1.99. The van der Waals surface area contributed by atoms with Gasteiger partial charge in [0.15, 0.2) is 5.75 Å². The molecule has 1 atom stereocenters. The lowest BCUT2D eigenvalue weighted by Crippen LogP contribution is -2.22. The van der Waals surface area contributed by atoms with E-state index >= 15 is 0 Å². The zero-order chi connectivity index (χ0) is 18.8. The molecule has 1 heterocycles. The average molecular weight is 396 g/mol. The maximum Gasteiger partial charge on any atom is 0.255 e. The van der Waals surface area contributed by atoms with E-state index in [2.05, 4.69) is 17.0 Å². The zero-order valence-corrected chi connectivity index (χ0v) is 16.5. The number of rotatable bonds is 7. The van der Waals surface area contributed by atoms with Gasteiger partial charge in [-0.15, -0.1) is 0 Å². The standard InChI is InChI=1S/C18H22ClN3O3S/c1-4-11-5-8-14(13(19)9-11)20-18-17(21-26(24)12-6-7-12)15(25-3)10-16(23)22(18)2/h5,8-10,12,20-21H,4,6-7H2,1-3H3. The van der Waals surface area contributed by atoms with Crippen molar-refractivity contribution < 1.29 is 8.95 Å². The van der Waals surface area contributed by atoms with Gasteiger partial charge in [0, 0.05) is 13.1 Å².